The minimum absolute atomic E-state index is 0.136. The molecule has 0 saturated heterocycles. The summed E-state index contributed by atoms with van der Waals surface area (Å²) in [5, 5.41) is 4.61. The Morgan fingerprint density at radius 3 is 2.25 bits per heavy atom. The third kappa shape index (κ3) is 4.24. The van der Waals surface area contributed by atoms with Crippen molar-refractivity contribution in [3.8, 4) is 5.69 Å². The number of rotatable bonds is 3. The van der Waals surface area contributed by atoms with Gasteiger partial charge in [0, 0.05) is 22.3 Å². The van der Waals surface area contributed by atoms with Crippen LogP contribution in [-0.2, 0) is 0 Å². The highest BCUT2D eigenvalue weighted by Crippen LogP contribution is 2.13. The van der Waals surface area contributed by atoms with Crippen LogP contribution in [-0.4, -0.2) is 21.6 Å². The van der Waals surface area contributed by atoms with Crippen LogP contribution < -0.4 is 16.3 Å². The summed E-state index contributed by atoms with van der Waals surface area (Å²) < 4.78 is 14.3. The summed E-state index contributed by atoms with van der Waals surface area (Å²) in [5.74, 6) is -2.05. The number of aryl methyl sites for hydroxylation is 1. The van der Waals surface area contributed by atoms with Gasteiger partial charge in [0.1, 0.15) is 5.82 Å². The lowest BCUT2D eigenvalue weighted by Crippen LogP contribution is -2.44. The summed E-state index contributed by atoms with van der Waals surface area (Å²) in [7, 11) is 0. The number of halogens is 2. The molecule has 0 radical (unpaired) electrons. The zero-order valence-corrected chi connectivity index (χ0v) is 15.3. The molecule has 0 saturated carbocycles. The summed E-state index contributed by atoms with van der Waals surface area (Å²) in [6.45, 7) is 1.67. The second kappa shape index (κ2) is 8.01. The number of amides is 2. The van der Waals surface area contributed by atoms with E-state index in [1.807, 2.05) is 0 Å². The number of aromatic nitrogens is 2. The number of hydrogen-bond acceptors (Lipinski definition) is 4. The van der Waals surface area contributed by atoms with Crippen LogP contribution in [0.1, 0.15) is 26.5 Å². The molecule has 3 aromatic rings. The normalized spacial score (nSPS) is 10.4. The highest BCUT2D eigenvalue weighted by molar-refractivity contribution is 6.30. The molecule has 3 rings (SSSR count). The van der Waals surface area contributed by atoms with E-state index in [0.29, 0.717) is 16.4 Å². The van der Waals surface area contributed by atoms with Crippen molar-refractivity contribution in [2.45, 2.75) is 6.92 Å². The maximum Gasteiger partial charge on any atom is 0.294 e. The van der Waals surface area contributed by atoms with Crippen LogP contribution in [0.25, 0.3) is 5.69 Å². The van der Waals surface area contributed by atoms with Gasteiger partial charge in [-0.3, -0.25) is 25.2 Å². The van der Waals surface area contributed by atoms with Gasteiger partial charge in [-0.2, -0.15) is 5.10 Å². The van der Waals surface area contributed by atoms with Gasteiger partial charge >= 0.3 is 0 Å². The molecule has 1 heterocycles. The zero-order valence-electron chi connectivity index (χ0n) is 14.6. The van der Waals surface area contributed by atoms with Crippen molar-refractivity contribution in [2.24, 2.45) is 0 Å². The maximum atomic E-state index is 12.9. The Bertz CT molecular complexity index is 1100. The number of hydrogen-bond donors (Lipinski definition) is 2. The van der Waals surface area contributed by atoms with E-state index in [-0.39, 0.29) is 5.56 Å². The van der Waals surface area contributed by atoms with E-state index in [1.165, 1.54) is 22.9 Å². The van der Waals surface area contributed by atoms with E-state index in [2.05, 4.69) is 16.0 Å². The summed E-state index contributed by atoms with van der Waals surface area (Å²) in [4.78, 5) is 36.5. The molecule has 28 heavy (non-hydrogen) atoms. The lowest BCUT2D eigenvalue weighted by molar-refractivity contribution is 0.0842. The molecular weight excluding hydrogens is 387 g/mol. The molecule has 7 nitrogen and oxygen atoms in total. The number of carbonyl (C=O) groups is 2. The first-order valence-electron chi connectivity index (χ1n) is 8.08. The van der Waals surface area contributed by atoms with Gasteiger partial charge in [-0.05, 0) is 55.5 Å². The summed E-state index contributed by atoms with van der Waals surface area (Å²) >= 11 is 5.87. The SMILES string of the molecule is Cc1cc(=O)c(C(=O)NNC(=O)c2ccc(F)cc2)nn1-c1ccc(Cl)cc1. The second-order valence-electron chi connectivity index (χ2n) is 5.80. The number of nitrogens with one attached hydrogen (secondary N) is 2. The average molecular weight is 401 g/mol. The van der Waals surface area contributed by atoms with E-state index in [1.54, 1.807) is 31.2 Å². The minimum atomic E-state index is -0.886. The van der Waals surface area contributed by atoms with Crippen molar-refractivity contribution >= 4 is 23.4 Å². The van der Waals surface area contributed by atoms with Crippen LogP contribution >= 0.6 is 11.6 Å². The molecule has 0 aliphatic heterocycles. The van der Waals surface area contributed by atoms with E-state index >= 15 is 0 Å². The molecule has 9 heteroatoms. The van der Waals surface area contributed by atoms with Gasteiger partial charge in [0.2, 0.25) is 5.43 Å². The molecule has 2 amide bonds. The number of benzene rings is 2. The van der Waals surface area contributed by atoms with Crippen molar-refractivity contribution in [1.29, 1.82) is 0 Å². The third-order valence-electron chi connectivity index (χ3n) is 3.79. The minimum Gasteiger partial charge on any atom is -0.287 e. The van der Waals surface area contributed by atoms with E-state index < -0.39 is 28.8 Å². The Hall–Kier alpha value is -3.52. The van der Waals surface area contributed by atoms with E-state index in [4.69, 9.17) is 11.6 Å². The first-order chi connectivity index (χ1) is 13.3. The molecule has 0 spiro atoms. The topological polar surface area (TPSA) is 93.1 Å². The second-order valence-corrected chi connectivity index (χ2v) is 6.24. The van der Waals surface area contributed by atoms with Crippen LogP contribution in [0.5, 0.6) is 0 Å². The Kier molecular flexibility index (Phi) is 5.51. The predicted molar refractivity (Wildman–Crippen MR) is 101 cm³/mol. The average Bonchev–Trinajstić information content (AvgIpc) is 2.67. The van der Waals surface area contributed by atoms with Gasteiger partial charge in [0.05, 0.1) is 5.69 Å². The highest BCUT2D eigenvalue weighted by Gasteiger charge is 2.16. The van der Waals surface area contributed by atoms with Crippen LogP contribution in [0, 0.1) is 12.7 Å². The molecular formula is C19H14ClFN4O3. The summed E-state index contributed by atoms with van der Waals surface area (Å²) in [5.41, 5.74) is 4.54. The molecule has 0 atom stereocenters. The third-order valence-corrected chi connectivity index (χ3v) is 4.04. The first kappa shape index (κ1) is 19.2. The molecule has 0 bridgehead atoms. The van der Waals surface area contributed by atoms with Crippen LogP contribution in [0.3, 0.4) is 0 Å². The fourth-order valence-corrected chi connectivity index (χ4v) is 2.52. The van der Waals surface area contributed by atoms with Crippen LogP contribution in [0.15, 0.2) is 59.4 Å². The molecule has 0 fully saturated rings. The van der Waals surface area contributed by atoms with Gasteiger partial charge in [-0.25, -0.2) is 9.07 Å². The van der Waals surface area contributed by atoms with Gasteiger partial charge in [-0.1, -0.05) is 11.6 Å². The van der Waals surface area contributed by atoms with Gasteiger partial charge in [0.15, 0.2) is 5.69 Å². The molecule has 0 aliphatic carbocycles. The lowest BCUT2D eigenvalue weighted by atomic mass is 10.2. The Morgan fingerprint density at radius 1 is 1.00 bits per heavy atom. The van der Waals surface area contributed by atoms with Crippen molar-refractivity contribution in [3.63, 3.8) is 0 Å². The number of hydrazine groups is 1. The molecule has 142 valence electrons. The lowest BCUT2D eigenvalue weighted by Gasteiger charge is -2.12. The standard InChI is InChI=1S/C19H14ClFN4O3/c1-11-10-16(26)17(24-25(11)15-8-4-13(20)5-9-15)19(28)23-22-18(27)12-2-6-14(21)7-3-12/h2-10H,1H3,(H,22,27)(H,23,28). The quantitative estimate of drug-likeness (QED) is 0.660. The molecule has 0 unspecified atom stereocenters. The molecule has 0 aliphatic rings. The van der Waals surface area contributed by atoms with Gasteiger partial charge < -0.3 is 0 Å². The smallest absolute Gasteiger partial charge is 0.287 e. The highest BCUT2D eigenvalue weighted by atomic mass is 35.5. The Morgan fingerprint density at radius 2 is 1.61 bits per heavy atom. The first-order valence-corrected chi connectivity index (χ1v) is 8.46. The Balaban J connectivity index is 1.80. The number of nitrogens with zero attached hydrogens (tertiary/aromatic N) is 2. The van der Waals surface area contributed by atoms with E-state index in [9.17, 15) is 18.8 Å². The van der Waals surface area contributed by atoms with Crippen molar-refractivity contribution in [1.82, 2.24) is 20.6 Å². The van der Waals surface area contributed by atoms with Gasteiger partial charge in [0.25, 0.3) is 11.8 Å². The monoisotopic (exact) mass is 400 g/mol. The predicted octanol–water partition coefficient (Wildman–Crippen LogP) is 2.41. The van der Waals surface area contributed by atoms with Gasteiger partial charge in [-0.15, -0.1) is 0 Å². The van der Waals surface area contributed by atoms with Crippen molar-refractivity contribution in [3.05, 3.63) is 92.6 Å². The zero-order chi connectivity index (χ0) is 20.3. The summed E-state index contributed by atoms with van der Waals surface area (Å²) in [6, 6.07) is 12.7. The summed E-state index contributed by atoms with van der Waals surface area (Å²) in [6.07, 6.45) is 0. The van der Waals surface area contributed by atoms with Crippen LogP contribution in [0.4, 0.5) is 4.39 Å². The fourth-order valence-electron chi connectivity index (χ4n) is 2.39. The molecule has 2 aromatic carbocycles. The fraction of sp³-hybridized carbons (Fsp3) is 0.0526. The largest absolute Gasteiger partial charge is 0.294 e. The molecule has 2 N–H and O–H groups in total. The Labute approximate surface area is 163 Å². The molecule has 1 aromatic heterocycles. The van der Waals surface area contributed by atoms with Crippen molar-refractivity contribution < 1.29 is 14.0 Å². The maximum absolute atomic E-state index is 12.9. The number of carbonyl (C=O) groups excluding carboxylic acids is 2. The van der Waals surface area contributed by atoms with Crippen LogP contribution in [0.2, 0.25) is 5.02 Å². The van der Waals surface area contributed by atoms with E-state index in [0.717, 1.165) is 12.1 Å². The van der Waals surface area contributed by atoms with Crippen molar-refractivity contribution in [2.75, 3.05) is 0 Å².